The highest BCUT2D eigenvalue weighted by molar-refractivity contribution is 5.95. The van der Waals surface area contributed by atoms with E-state index in [0.717, 1.165) is 10.9 Å². The Labute approximate surface area is 111 Å². The van der Waals surface area contributed by atoms with Crippen molar-refractivity contribution < 1.29 is 9.21 Å². The summed E-state index contributed by atoms with van der Waals surface area (Å²) < 4.78 is 5.15. The van der Waals surface area contributed by atoms with Gasteiger partial charge in [-0.2, -0.15) is 0 Å². The van der Waals surface area contributed by atoms with Gasteiger partial charge in [-0.05, 0) is 38.3 Å². The topological polar surface area (TPSA) is 50.5 Å². The highest BCUT2D eigenvalue weighted by atomic mass is 16.4. The van der Waals surface area contributed by atoms with Crippen LogP contribution in [0.15, 0.2) is 33.5 Å². The largest absolute Gasteiger partial charge is 0.417 e. The molecular formula is C15H17NO3. The molecule has 100 valence electrons. The van der Waals surface area contributed by atoms with Crippen molar-refractivity contribution in [2.24, 2.45) is 0 Å². The van der Waals surface area contributed by atoms with E-state index in [0.29, 0.717) is 18.5 Å². The first kappa shape index (κ1) is 13.3. The van der Waals surface area contributed by atoms with Crippen molar-refractivity contribution in [3.05, 3.63) is 46.0 Å². The van der Waals surface area contributed by atoms with E-state index in [1.807, 2.05) is 32.9 Å². The number of aryl methyl sites for hydroxylation is 1. The van der Waals surface area contributed by atoms with E-state index in [4.69, 9.17) is 4.42 Å². The van der Waals surface area contributed by atoms with Crippen LogP contribution in [0.3, 0.4) is 0 Å². The molecule has 0 atom stereocenters. The van der Waals surface area contributed by atoms with E-state index >= 15 is 0 Å². The summed E-state index contributed by atoms with van der Waals surface area (Å²) in [6.45, 7) is 6.87. The lowest BCUT2D eigenvalue weighted by molar-refractivity contribution is 0.0737. The van der Waals surface area contributed by atoms with E-state index in [-0.39, 0.29) is 11.7 Å². The summed E-state index contributed by atoms with van der Waals surface area (Å²) in [6, 6.07) is 7.15. The summed E-state index contributed by atoms with van der Waals surface area (Å²) in [4.78, 5) is 25.7. The maximum atomic E-state index is 12.2. The van der Waals surface area contributed by atoms with Gasteiger partial charge in [-0.1, -0.05) is 17.7 Å². The summed E-state index contributed by atoms with van der Waals surface area (Å²) in [5, 5.41) is 1.24. The lowest BCUT2D eigenvalue weighted by atomic mass is 10.1. The van der Waals surface area contributed by atoms with Crippen LogP contribution >= 0.6 is 0 Å². The van der Waals surface area contributed by atoms with Gasteiger partial charge in [0.05, 0.1) is 5.39 Å². The summed E-state index contributed by atoms with van der Waals surface area (Å²) in [5.41, 5.74) is 0.527. The van der Waals surface area contributed by atoms with Crippen molar-refractivity contribution in [3.63, 3.8) is 0 Å². The second-order valence-electron chi connectivity index (χ2n) is 4.47. The monoisotopic (exact) mass is 259 g/mol. The molecule has 0 unspecified atom stereocenters. The van der Waals surface area contributed by atoms with E-state index in [9.17, 15) is 9.59 Å². The number of hydrogen-bond donors (Lipinski definition) is 0. The third-order valence-electron chi connectivity index (χ3n) is 3.18. The zero-order chi connectivity index (χ0) is 14.0. The molecule has 0 radical (unpaired) electrons. The standard InChI is InChI=1S/C15H17NO3/c1-4-16(5-2)14(17)13-9-11-7-6-10(3)8-12(11)15(18)19-13/h6-9H,4-5H2,1-3H3. The van der Waals surface area contributed by atoms with Gasteiger partial charge in [-0.15, -0.1) is 0 Å². The van der Waals surface area contributed by atoms with Crippen LogP contribution in [0.1, 0.15) is 30.0 Å². The van der Waals surface area contributed by atoms with Crippen LogP contribution < -0.4 is 5.63 Å². The number of nitrogens with zero attached hydrogens (tertiary/aromatic N) is 1. The summed E-state index contributed by atoms with van der Waals surface area (Å²) in [5.74, 6) is -0.144. The fourth-order valence-electron chi connectivity index (χ4n) is 2.07. The van der Waals surface area contributed by atoms with Crippen LogP contribution in [-0.4, -0.2) is 23.9 Å². The molecule has 19 heavy (non-hydrogen) atoms. The molecular weight excluding hydrogens is 242 g/mol. The van der Waals surface area contributed by atoms with Gasteiger partial charge >= 0.3 is 5.63 Å². The Morgan fingerprint density at radius 3 is 2.53 bits per heavy atom. The molecule has 0 aliphatic heterocycles. The second kappa shape index (κ2) is 5.26. The normalized spacial score (nSPS) is 10.7. The van der Waals surface area contributed by atoms with Crippen LogP contribution in [-0.2, 0) is 0 Å². The third-order valence-corrected chi connectivity index (χ3v) is 3.18. The van der Waals surface area contributed by atoms with Gasteiger partial charge in [0.25, 0.3) is 5.91 Å². The highest BCUT2D eigenvalue weighted by Crippen LogP contribution is 2.15. The average Bonchev–Trinajstić information content (AvgIpc) is 2.40. The molecule has 2 aromatic rings. The Hall–Kier alpha value is -2.10. The Kier molecular flexibility index (Phi) is 3.69. The van der Waals surface area contributed by atoms with Crippen molar-refractivity contribution in [1.29, 1.82) is 0 Å². The molecule has 0 fully saturated rings. The Morgan fingerprint density at radius 1 is 1.21 bits per heavy atom. The minimum atomic E-state index is -0.461. The first-order chi connectivity index (χ1) is 9.06. The molecule has 1 aromatic heterocycles. The molecule has 0 aliphatic carbocycles. The zero-order valence-corrected chi connectivity index (χ0v) is 11.4. The minimum absolute atomic E-state index is 0.102. The lowest BCUT2D eigenvalue weighted by Crippen LogP contribution is -2.31. The molecule has 0 bridgehead atoms. The number of carbonyl (C=O) groups excluding carboxylic acids is 1. The van der Waals surface area contributed by atoms with E-state index in [1.165, 1.54) is 0 Å². The molecule has 0 N–H and O–H groups in total. The van der Waals surface area contributed by atoms with Gasteiger partial charge in [0, 0.05) is 13.1 Å². The summed E-state index contributed by atoms with van der Waals surface area (Å²) >= 11 is 0. The quantitative estimate of drug-likeness (QED) is 0.851. The van der Waals surface area contributed by atoms with E-state index < -0.39 is 5.63 Å². The van der Waals surface area contributed by atoms with Crippen molar-refractivity contribution >= 4 is 16.7 Å². The average molecular weight is 259 g/mol. The number of benzene rings is 1. The number of rotatable bonds is 3. The van der Waals surface area contributed by atoms with Crippen LogP contribution in [0.4, 0.5) is 0 Å². The molecule has 0 aliphatic rings. The van der Waals surface area contributed by atoms with Gasteiger partial charge in [0.15, 0.2) is 5.76 Å². The number of hydrogen-bond acceptors (Lipinski definition) is 3. The highest BCUT2D eigenvalue weighted by Gasteiger charge is 2.17. The lowest BCUT2D eigenvalue weighted by Gasteiger charge is -2.17. The first-order valence-electron chi connectivity index (χ1n) is 6.40. The van der Waals surface area contributed by atoms with Crippen molar-refractivity contribution in [2.45, 2.75) is 20.8 Å². The minimum Gasteiger partial charge on any atom is -0.417 e. The Bertz CT molecular complexity index is 669. The molecule has 1 aromatic carbocycles. The van der Waals surface area contributed by atoms with E-state index in [1.54, 1.807) is 17.0 Å². The molecule has 2 rings (SSSR count). The van der Waals surface area contributed by atoms with Gasteiger partial charge in [0.2, 0.25) is 0 Å². The maximum absolute atomic E-state index is 12.2. The molecule has 4 heteroatoms. The van der Waals surface area contributed by atoms with Gasteiger partial charge in [0.1, 0.15) is 0 Å². The molecule has 1 heterocycles. The predicted octanol–water partition coefficient (Wildman–Crippen LogP) is 2.58. The smallest absolute Gasteiger partial charge is 0.344 e. The van der Waals surface area contributed by atoms with Gasteiger partial charge < -0.3 is 9.32 Å². The van der Waals surface area contributed by atoms with Crippen molar-refractivity contribution in [1.82, 2.24) is 4.90 Å². The molecule has 0 spiro atoms. The first-order valence-corrected chi connectivity index (χ1v) is 6.40. The maximum Gasteiger partial charge on any atom is 0.344 e. The molecule has 1 amide bonds. The fourth-order valence-corrected chi connectivity index (χ4v) is 2.07. The summed E-state index contributed by atoms with van der Waals surface area (Å²) in [6.07, 6.45) is 0. The van der Waals surface area contributed by atoms with Crippen molar-refractivity contribution in [3.8, 4) is 0 Å². The third kappa shape index (κ3) is 2.52. The molecule has 0 saturated carbocycles. The van der Waals surface area contributed by atoms with E-state index in [2.05, 4.69) is 0 Å². The Morgan fingerprint density at radius 2 is 1.89 bits per heavy atom. The van der Waals surface area contributed by atoms with Gasteiger partial charge in [-0.25, -0.2) is 4.79 Å². The number of fused-ring (bicyclic) bond motifs is 1. The van der Waals surface area contributed by atoms with Crippen molar-refractivity contribution in [2.75, 3.05) is 13.1 Å². The Balaban J connectivity index is 2.55. The van der Waals surface area contributed by atoms with Crippen LogP contribution in [0.5, 0.6) is 0 Å². The van der Waals surface area contributed by atoms with Crippen LogP contribution in [0, 0.1) is 6.92 Å². The van der Waals surface area contributed by atoms with Crippen LogP contribution in [0.2, 0.25) is 0 Å². The second-order valence-corrected chi connectivity index (χ2v) is 4.47. The zero-order valence-electron chi connectivity index (χ0n) is 11.4. The SMILES string of the molecule is CCN(CC)C(=O)c1cc2ccc(C)cc2c(=O)o1. The van der Waals surface area contributed by atoms with Crippen LogP contribution in [0.25, 0.3) is 10.8 Å². The van der Waals surface area contributed by atoms with Gasteiger partial charge in [-0.3, -0.25) is 4.79 Å². The summed E-state index contributed by atoms with van der Waals surface area (Å²) in [7, 11) is 0. The fraction of sp³-hybridized carbons (Fsp3) is 0.333. The molecule has 0 saturated heterocycles. The number of carbonyl (C=O) groups is 1. The number of amides is 1. The predicted molar refractivity (Wildman–Crippen MR) is 74.5 cm³/mol. The molecule has 4 nitrogen and oxygen atoms in total.